The lowest BCUT2D eigenvalue weighted by Crippen LogP contribution is -1.80. The number of hydrogen-bond acceptors (Lipinski definition) is 2. The van der Waals surface area contributed by atoms with Crippen molar-refractivity contribution in [3.05, 3.63) is 27.2 Å². The summed E-state index contributed by atoms with van der Waals surface area (Å²) < 4.78 is 0.606. The lowest BCUT2D eigenvalue weighted by Gasteiger charge is -2.03. The van der Waals surface area contributed by atoms with E-state index in [-0.39, 0.29) is 5.75 Å². The van der Waals surface area contributed by atoms with E-state index in [0.29, 0.717) is 15.2 Å². The summed E-state index contributed by atoms with van der Waals surface area (Å²) in [6.45, 7) is 0. The van der Waals surface area contributed by atoms with Crippen LogP contribution in [-0.2, 0) is 5.75 Å². The van der Waals surface area contributed by atoms with Gasteiger partial charge in [-0.1, -0.05) is 11.6 Å². The Morgan fingerprint density at radius 2 is 2.18 bits per heavy atom. The molecule has 0 spiro atoms. The number of hydrogen-bond donors (Lipinski definition) is 2. The van der Waals surface area contributed by atoms with E-state index in [1.165, 1.54) is 0 Å². The van der Waals surface area contributed by atoms with E-state index in [4.69, 9.17) is 11.6 Å². The maximum Gasteiger partial charge on any atom is 0.133 e. The van der Waals surface area contributed by atoms with Gasteiger partial charge < -0.3 is 5.11 Å². The van der Waals surface area contributed by atoms with Crippen LogP contribution in [0.4, 0.5) is 0 Å². The molecule has 0 aliphatic heterocycles. The molecule has 0 radical (unpaired) electrons. The van der Waals surface area contributed by atoms with Gasteiger partial charge in [0.1, 0.15) is 5.75 Å². The first kappa shape index (κ1) is 9.23. The van der Waals surface area contributed by atoms with Crippen molar-refractivity contribution in [1.82, 2.24) is 0 Å². The van der Waals surface area contributed by atoms with Crippen molar-refractivity contribution in [2.24, 2.45) is 0 Å². The van der Waals surface area contributed by atoms with Crippen LogP contribution >= 0.6 is 40.2 Å². The standard InChI is InChI=1S/C7H6BrClOS/c8-6-2-5(9)1-4(3-11)7(6)10/h1-2,10-11H,3H2. The van der Waals surface area contributed by atoms with Crippen molar-refractivity contribution < 1.29 is 5.11 Å². The molecule has 60 valence electrons. The topological polar surface area (TPSA) is 20.2 Å². The molecule has 4 heteroatoms. The Balaban J connectivity index is 3.24. The molecule has 0 atom stereocenters. The third kappa shape index (κ3) is 2.04. The SMILES string of the molecule is Oc1c(Br)cc(Cl)cc1CS. The molecular formula is C7H6BrClOS. The van der Waals surface area contributed by atoms with Crippen molar-refractivity contribution in [3.63, 3.8) is 0 Å². The van der Waals surface area contributed by atoms with Crippen LogP contribution in [0, 0.1) is 0 Å². The van der Waals surface area contributed by atoms with Crippen molar-refractivity contribution in [2.45, 2.75) is 5.75 Å². The Morgan fingerprint density at radius 3 is 2.73 bits per heavy atom. The van der Waals surface area contributed by atoms with Crippen LogP contribution in [0.25, 0.3) is 0 Å². The number of phenols is 1. The summed E-state index contributed by atoms with van der Waals surface area (Å²) in [6.07, 6.45) is 0. The fourth-order valence-corrected chi connectivity index (χ4v) is 1.85. The molecule has 11 heavy (non-hydrogen) atoms. The molecule has 0 amide bonds. The molecule has 0 fully saturated rings. The van der Waals surface area contributed by atoms with E-state index >= 15 is 0 Å². The van der Waals surface area contributed by atoms with Crippen LogP contribution in [-0.4, -0.2) is 5.11 Å². The van der Waals surface area contributed by atoms with Crippen LogP contribution < -0.4 is 0 Å². The summed E-state index contributed by atoms with van der Waals surface area (Å²) in [5.41, 5.74) is 0.729. The molecule has 0 saturated carbocycles. The average Bonchev–Trinajstić information content (AvgIpc) is 1.96. The van der Waals surface area contributed by atoms with Gasteiger partial charge in [-0.15, -0.1) is 0 Å². The van der Waals surface area contributed by atoms with Crippen LogP contribution in [0.2, 0.25) is 5.02 Å². The van der Waals surface area contributed by atoms with Gasteiger partial charge >= 0.3 is 0 Å². The quantitative estimate of drug-likeness (QED) is 0.736. The lowest BCUT2D eigenvalue weighted by atomic mass is 10.2. The van der Waals surface area contributed by atoms with Crippen LogP contribution in [0.3, 0.4) is 0 Å². The average molecular weight is 254 g/mol. The maximum atomic E-state index is 9.37. The zero-order valence-electron chi connectivity index (χ0n) is 5.51. The zero-order chi connectivity index (χ0) is 8.43. The van der Waals surface area contributed by atoms with Gasteiger partial charge in [0.25, 0.3) is 0 Å². The molecule has 1 rings (SSSR count). The summed E-state index contributed by atoms with van der Waals surface area (Å²) in [7, 11) is 0. The highest BCUT2D eigenvalue weighted by atomic mass is 79.9. The third-order valence-corrected chi connectivity index (χ3v) is 2.44. The molecular weight excluding hydrogens is 248 g/mol. The molecule has 1 N–H and O–H groups in total. The monoisotopic (exact) mass is 252 g/mol. The minimum absolute atomic E-state index is 0.212. The molecule has 0 bridgehead atoms. The highest BCUT2D eigenvalue weighted by Gasteiger charge is 2.04. The first-order valence-corrected chi connectivity index (χ1v) is 4.73. The number of halogens is 2. The molecule has 0 heterocycles. The molecule has 0 unspecified atom stereocenters. The molecule has 0 aliphatic rings. The van der Waals surface area contributed by atoms with Crippen molar-refractivity contribution >= 4 is 40.2 Å². The zero-order valence-corrected chi connectivity index (χ0v) is 8.75. The van der Waals surface area contributed by atoms with Crippen molar-refractivity contribution in [3.8, 4) is 5.75 Å². The highest BCUT2D eigenvalue weighted by molar-refractivity contribution is 9.10. The second-order valence-electron chi connectivity index (χ2n) is 2.05. The third-order valence-electron chi connectivity index (χ3n) is 1.28. The van der Waals surface area contributed by atoms with Gasteiger partial charge in [0.2, 0.25) is 0 Å². The predicted octanol–water partition coefficient (Wildman–Crippen LogP) is 3.24. The van der Waals surface area contributed by atoms with Gasteiger partial charge in [0, 0.05) is 16.3 Å². The number of thiol groups is 1. The fourth-order valence-electron chi connectivity index (χ4n) is 0.740. The molecule has 1 nitrogen and oxygen atoms in total. The summed E-state index contributed by atoms with van der Waals surface area (Å²) in [6, 6.07) is 3.33. The van der Waals surface area contributed by atoms with Gasteiger partial charge in [-0.05, 0) is 28.1 Å². The van der Waals surface area contributed by atoms with E-state index in [0.717, 1.165) is 5.56 Å². The summed E-state index contributed by atoms with van der Waals surface area (Å²) in [5, 5.41) is 9.96. The first-order valence-electron chi connectivity index (χ1n) is 2.93. The summed E-state index contributed by atoms with van der Waals surface area (Å²) in [5.74, 6) is 0.690. The normalized spacial score (nSPS) is 10.1. The van der Waals surface area contributed by atoms with Crippen molar-refractivity contribution in [2.75, 3.05) is 0 Å². The number of aromatic hydroxyl groups is 1. The Labute approximate surface area is 83.9 Å². The van der Waals surface area contributed by atoms with Gasteiger partial charge in [-0.25, -0.2) is 0 Å². The Hall–Kier alpha value is 0.140. The fraction of sp³-hybridized carbons (Fsp3) is 0.143. The first-order chi connectivity index (χ1) is 5.15. The highest BCUT2D eigenvalue weighted by Crippen LogP contribution is 2.32. The summed E-state index contributed by atoms with van der Waals surface area (Å²) in [4.78, 5) is 0. The molecule has 0 aliphatic carbocycles. The largest absolute Gasteiger partial charge is 0.506 e. The summed E-state index contributed by atoms with van der Waals surface area (Å²) >= 11 is 12.9. The minimum atomic E-state index is 0.212. The number of rotatable bonds is 1. The second kappa shape index (κ2) is 3.70. The predicted molar refractivity (Wildman–Crippen MR) is 53.5 cm³/mol. The maximum absolute atomic E-state index is 9.37. The van der Waals surface area contributed by atoms with Gasteiger partial charge in [0.05, 0.1) is 4.47 Å². The lowest BCUT2D eigenvalue weighted by molar-refractivity contribution is 0.467. The van der Waals surface area contributed by atoms with E-state index < -0.39 is 0 Å². The Morgan fingerprint density at radius 1 is 1.55 bits per heavy atom. The Kier molecular flexibility index (Phi) is 3.10. The molecule has 0 aromatic heterocycles. The van der Waals surface area contributed by atoms with E-state index in [2.05, 4.69) is 28.6 Å². The number of benzene rings is 1. The van der Waals surface area contributed by atoms with Crippen molar-refractivity contribution in [1.29, 1.82) is 0 Å². The molecule has 1 aromatic carbocycles. The van der Waals surface area contributed by atoms with Crippen LogP contribution in [0.5, 0.6) is 5.75 Å². The number of phenolic OH excluding ortho intramolecular Hbond substituents is 1. The molecule has 1 aromatic rings. The van der Waals surface area contributed by atoms with E-state index in [9.17, 15) is 5.11 Å². The van der Waals surface area contributed by atoms with Gasteiger partial charge in [-0.3, -0.25) is 0 Å². The molecule has 0 saturated heterocycles. The van der Waals surface area contributed by atoms with Crippen LogP contribution in [0.1, 0.15) is 5.56 Å². The Bertz CT molecular complexity index is 277. The smallest absolute Gasteiger partial charge is 0.133 e. The van der Waals surface area contributed by atoms with E-state index in [1.807, 2.05) is 0 Å². The van der Waals surface area contributed by atoms with Crippen LogP contribution in [0.15, 0.2) is 16.6 Å². The second-order valence-corrected chi connectivity index (χ2v) is 3.66. The van der Waals surface area contributed by atoms with Gasteiger partial charge in [0.15, 0.2) is 0 Å². The van der Waals surface area contributed by atoms with E-state index in [1.54, 1.807) is 12.1 Å². The van der Waals surface area contributed by atoms with Gasteiger partial charge in [-0.2, -0.15) is 12.6 Å². The minimum Gasteiger partial charge on any atom is -0.506 e.